The summed E-state index contributed by atoms with van der Waals surface area (Å²) >= 11 is 0. The van der Waals surface area contributed by atoms with Gasteiger partial charge in [0.05, 0.1) is 11.7 Å². The molecular formula is C8H12FN3. The highest BCUT2D eigenvalue weighted by atomic mass is 19.1. The quantitative estimate of drug-likeness (QED) is 0.712. The number of halogens is 1. The lowest BCUT2D eigenvalue weighted by Crippen LogP contribution is -2.16. The number of hydrogen-bond acceptors (Lipinski definition) is 2. The lowest BCUT2D eigenvalue weighted by atomic mass is 10.2. The number of nitrogens with zero attached hydrogens (tertiary/aromatic N) is 2. The van der Waals surface area contributed by atoms with Crippen molar-refractivity contribution in [3.63, 3.8) is 0 Å². The molecule has 3 nitrogen and oxygen atoms in total. The Bertz CT molecular complexity index is 253. The standard InChI is InChI=1S/C8H12FN3/c9-5-7-2-4-11-12(7)8-1-3-10-6-8/h2,4,8,10H,1,3,5-6H2. The van der Waals surface area contributed by atoms with E-state index >= 15 is 0 Å². The molecule has 66 valence electrons. The second kappa shape index (κ2) is 3.23. The molecule has 1 fully saturated rings. The summed E-state index contributed by atoms with van der Waals surface area (Å²) < 4.78 is 14.2. The normalized spacial score (nSPS) is 23.2. The third kappa shape index (κ3) is 1.22. The zero-order valence-electron chi connectivity index (χ0n) is 6.83. The van der Waals surface area contributed by atoms with Crippen molar-refractivity contribution in [2.75, 3.05) is 13.1 Å². The van der Waals surface area contributed by atoms with Gasteiger partial charge < -0.3 is 5.32 Å². The first-order valence-corrected chi connectivity index (χ1v) is 4.21. The average molecular weight is 169 g/mol. The van der Waals surface area contributed by atoms with E-state index in [-0.39, 0.29) is 0 Å². The summed E-state index contributed by atoms with van der Waals surface area (Å²) in [7, 11) is 0. The maximum Gasteiger partial charge on any atom is 0.131 e. The highest BCUT2D eigenvalue weighted by molar-refractivity contribution is 5.01. The minimum absolute atomic E-state index is 0.353. The number of rotatable bonds is 2. The smallest absolute Gasteiger partial charge is 0.131 e. The highest BCUT2D eigenvalue weighted by Gasteiger charge is 2.18. The van der Waals surface area contributed by atoms with E-state index < -0.39 is 6.67 Å². The molecule has 0 aliphatic carbocycles. The molecule has 4 heteroatoms. The Morgan fingerprint density at radius 1 is 1.75 bits per heavy atom. The molecule has 0 amide bonds. The Balaban J connectivity index is 2.19. The van der Waals surface area contributed by atoms with Crippen molar-refractivity contribution >= 4 is 0 Å². The Morgan fingerprint density at radius 3 is 3.33 bits per heavy atom. The predicted octanol–water partition coefficient (Wildman–Crippen LogP) is 0.887. The molecular weight excluding hydrogens is 157 g/mol. The molecule has 0 bridgehead atoms. The van der Waals surface area contributed by atoms with Crippen LogP contribution in [-0.2, 0) is 6.67 Å². The third-order valence-electron chi connectivity index (χ3n) is 2.27. The van der Waals surface area contributed by atoms with Gasteiger partial charge in [0.2, 0.25) is 0 Å². The van der Waals surface area contributed by atoms with E-state index in [0.29, 0.717) is 11.7 Å². The largest absolute Gasteiger partial charge is 0.315 e. The molecule has 2 heterocycles. The summed E-state index contributed by atoms with van der Waals surface area (Å²) in [5.74, 6) is 0. The Kier molecular flexibility index (Phi) is 2.08. The number of nitrogens with one attached hydrogen (secondary N) is 1. The van der Waals surface area contributed by atoms with Gasteiger partial charge in [-0.3, -0.25) is 4.68 Å². The fraction of sp³-hybridized carbons (Fsp3) is 0.625. The van der Waals surface area contributed by atoms with E-state index in [9.17, 15) is 4.39 Å². The van der Waals surface area contributed by atoms with E-state index in [1.807, 2.05) is 0 Å². The molecule has 12 heavy (non-hydrogen) atoms. The van der Waals surface area contributed by atoms with Crippen LogP contribution in [0.3, 0.4) is 0 Å². The second-order valence-electron chi connectivity index (χ2n) is 3.05. The Labute approximate surface area is 70.6 Å². The SMILES string of the molecule is FCc1ccnn1C1CCNC1. The fourth-order valence-electron chi connectivity index (χ4n) is 1.62. The van der Waals surface area contributed by atoms with E-state index in [1.54, 1.807) is 16.9 Å². The zero-order valence-corrected chi connectivity index (χ0v) is 6.83. The van der Waals surface area contributed by atoms with Crippen LogP contribution in [0.5, 0.6) is 0 Å². The van der Waals surface area contributed by atoms with Crippen LogP contribution in [-0.4, -0.2) is 22.9 Å². The number of aromatic nitrogens is 2. The molecule has 0 aromatic carbocycles. The van der Waals surface area contributed by atoms with Crippen LogP contribution in [0.25, 0.3) is 0 Å². The minimum Gasteiger partial charge on any atom is -0.315 e. The van der Waals surface area contributed by atoms with Gasteiger partial charge in [0.1, 0.15) is 6.67 Å². The van der Waals surface area contributed by atoms with Crippen LogP contribution < -0.4 is 5.32 Å². The van der Waals surface area contributed by atoms with Crippen molar-refractivity contribution in [2.24, 2.45) is 0 Å². The van der Waals surface area contributed by atoms with Crippen molar-refractivity contribution in [1.82, 2.24) is 15.1 Å². The Morgan fingerprint density at radius 2 is 2.67 bits per heavy atom. The lowest BCUT2D eigenvalue weighted by molar-refractivity contribution is 0.409. The molecule has 1 aliphatic rings. The van der Waals surface area contributed by atoms with Crippen LogP contribution in [0.15, 0.2) is 12.3 Å². The first kappa shape index (κ1) is 7.73. The van der Waals surface area contributed by atoms with Gasteiger partial charge in [0.15, 0.2) is 0 Å². The monoisotopic (exact) mass is 169 g/mol. The highest BCUT2D eigenvalue weighted by Crippen LogP contribution is 2.16. The maximum absolute atomic E-state index is 12.4. The van der Waals surface area contributed by atoms with Crippen LogP contribution in [0.1, 0.15) is 18.2 Å². The van der Waals surface area contributed by atoms with E-state index in [0.717, 1.165) is 19.5 Å². The van der Waals surface area contributed by atoms with E-state index in [2.05, 4.69) is 10.4 Å². The van der Waals surface area contributed by atoms with Crippen molar-refractivity contribution in [3.8, 4) is 0 Å². The molecule has 1 saturated heterocycles. The molecule has 2 rings (SSSR count). The summed E-state index contributed by atoms with van der Waals surface area (Å²) in [4.78, 5) is 0. The predicted molar refractivity (Wildman–Crippen MR) is 43.6 cm³/mol. The van der Waals surface area contributed by atoms with Crippen molar-refractivity contribution in [1.29, 1.82) is 0 Å². The van der Waals surface area contributed by atoms with Crippen molar-refractivity contribution < 1.29 is 4.39 Å². The molecule has 0 saturated carbocycles. The summed E-state index contributed by atoms with van der Waals surface area (Å²) in [5.41, 5.74) is 0.684. The third-order valence-corrected chi connectivity index (χ3v) is 2.27. The molecule has 0 radical (unpaired) electrons. The van der Waals surface area contributed by atoms with Crippen LogP contribution in [0.2, 0.25) is 0 Å². The van der Waals surface area contributed by atoms with Gasteiger partial charge in [0, 0.05) is 12.7 Å². The summed E-state index contributed by atoms with van der Waals surface area (Å²) in [6, 6.07) is 2.09. The maximum atomic E-state index is 12.4. The second-order valence-corrected chi connectivity index (χ2v) is 3.05. The molecule has 1 aromatic heterocycles. The first-order valence-electron chi connectivity index (χ1n) is 4.21. The fourth-order valence-corrected chi connectivity index (χ4v) is 1.62. The summed E-state index contributed by atoms with van der Waals surface area (Å²) in [5, 5.41) is 7.33. The minimum atomic E-state index is -0.420. The number of alkyl halides is 1. The Hall–Kier alpha value is -0.900. The van der Waals surface area contributed by atoms with E-state index in [1.165, 1.54) is 0 Å². The average Bonchev–Trinajstić information content (AvgIpc) is 2.74. The van der Waals surface area contributed by atoms with Crippen LogP contribution >= 0.6 is 0 Å². The summed E-state index contributed by atoms with van der Waals surface area (Å²) in [6.07, 6.45) is 2.71. The van der Waals surface area contributed by atoms with Gasteiger partial charge in [-0.1, -0.05) is 0 Å². The van der Waals surface area contributed by atoms with Crippen molar-refractivity contribution in [2.45, 2.75) is 19.1 Å². The van der Waals surface area contributed by atoms with Gasteiger partial charge in [-0.2, -0.15) is 5.10 Å². The van der Waals surface area contributed by atoms with Crippen LogP contribution in [0, 0.1) is 0 Å². The molecule has 1 aromatic rings. The molecule has 1 atom stereocenters. The number of hydrogen-bond donors (Lipinski definition) is 1. The van der Waals surface area contributed by atoms with Gasteiger partial charge in [0.25, 0.3) is 0 Å². The lowest BCUT2D eigenvalue weighted by Gasteiger charge is -2.11. The summed E-state index contributed by atoms with van der Waals surface area (Å²) in [6.45, 7) is 1.50. The zero-order chi connectivity index (χ0) is 8.39. The van der Waals surface area contributed by atoms with Gasteiger partial charge in [-0.15, -0.1) is 0 Å². The first-order chi connectivity index (χ1) is 5.92. The molecule has 1 N–H and O–H groups in total. The van der Waals surface area contributed by atoms with E-state index in [4.69, 9.17) is 0 Å². The van der Waals surface area contributed by atoms with Gasteiger partial charge >= 0.3 is 0 Å². The molecule has 1 unspecified atom stereocenters. The molecule has 0 spiro atoms. The van der Waals surface area contributed by atoms with Crippen molar-refractivity contribution in [3.05, 3.63) is 18.0 Å². The van der Waals surface area contributed by atoms with Gasteiger partial charge in [-0.05, 0) is 19.0 Å². The topological polar surface area (TPSA) is 29.9 Å². The molecule has 1 aliphatic heterocycles. The van der Waals surface area contributed by atoms with Crippen LogP contribution in [0.4, 0.5) is 4.39 Å². The van der Waals surface area contributed by atoms with Gasteiger partial charge in [-0.25, -0.2) is 4.39 Å².